The zero-order valence-electron chi connectivity index (χ0n) is 19.2. The van der Waals surface area contributed by atoms with Crippen LogP contribution in [0, 0.1) is 0 Å². The van der Waals surface area contributed by atoms with Gasteiger partial charge in [-0.25, -0.2) is 0 Å². The quantitative estimate of drug-likeness (QED) is 0.154. The summed E-state index contributed by atoms with van der Waals surface area (Å²) < 4.78 is 1.16. The molecule has 0 saturated carbocycles. The summed E-state index contributed by atoms with van der Waals surface area (Å²) in [4.78, 5) is 39.5. The lowest BCUT2D eigenvalue weighted by molar-refractivity contribution is -0.873. The van der Waals surface area contributed by atoms with E-state index in [1.807, 2.05) is 42.3 Å². The lowest BCUT2D eigenvalue weighted by Crippen LogP contribution is -2.51. The Hall–Kier alpha value is -2.36. The number of aliphatic hydroxyl groups excluding tert-OH is 4. The predicted octanol–water partition coefficient (Wildman–Crippen LogP) is -5.74. The van der Waals surface area contributed by atoms with Crippen molar-refractivity contribution in [2.75, 3.05) is 55.4 Å². The van der Waals surface area contributed by atoms with Crippen molar-refractivity contribution in [2.24, 2.45) is 0 Å². The number of rotatable bonds is 11. The van der Waals surface area contributed by atoms with Gasteiger partial charge in [0.25, 0.3) is 0 Å². The molecule has 0 aromatic carbocycles. The van der Waals surface area contributed by atoms with Crippen molar-refractivity contribution in [3.63, 3.8) is 0 Å². The molecule has 0 saturated heterocycles. The number of nitrogens with zero attached hydrogens (tertiary/aromatic N) is 2. The third-order valence-corrected chi connectivity index (χ3v) is 3.12. The van der Waals surface area contributed by atoms with E-state index in [9.17, 15) is 29.4 Å². The Labute approximate surface area is 186 Å². The molecule has 0 spiro atoms. The maximum Gasteiger partial charge on any atom is 0.306 e. The highest BCUT2D eigenvalue weighted by atomic mass is 16.4. The first kappa shape index (κ1) is 34.3. The smallest absolute Gasteiger partial charge is 0.306 e. The van der Waals surface area contributed by atoms with Gasteiger partial charge in [0.15, 0.2) is 0 Å². The molecule has 0 aliphatic heterocycles. The first-order valence-electron chi connectivity index (χ1n) is 9.27. The van der Waals surface area contributed by atoms with Crippen molar-refractivity contribution in [3.05, 3.63) is 0 Å². The number of quaternary nitrogens is 2. The summed E-state index contributed by atoms with van der Waals surface area (Å²) in [5.74, 6) is -6.02. The number of carbonyl (C=O) groups is 4. The zero-order chi connectivity index (χ0) is 26.4. The molecule has 190 valence electrons. The van der Waals surface area contributed by atoms with E-state index in [2.05, 4.69) is 0 Å². The number of hydrogen-bond acceptors (Lipinski definition) is 10. The minimum absolute atomic E-state index is 0.171. The Morgan fingerprint density at radius 2 is 0.844 bits per heavy atom. The summed E-state index contributed by atoms with van der Waals surface area (Å²) in [6.07, 6.45) is -6.71. The summed E-state index contributed by atoms with van der Waals surface area (Å²) in [7, 11) is 11.4. The van der Waals surface area contributed by atoms with Gasteiger partial charge >= 0.3 is 11.9 Å². The molecule has 0 aromatic rings. The van der Waals surface area contributed by atoms with Crippen LogP contribution in [-0.4, -0.2) is 143 Å². The van der Waals surface area contributed by atoms with Crippen molar-refractivity contribution in [1.82, 2.24) is 0 Å². The Kier molecular flexibility index (Phi) is 16.5. The van der Waals surface area contributed by atoms with Crippen molar-refractivity contribution < 1.29 is 69.0 Å². The minimum atomic E-state index is -2.44. The number of hydrogen-bond donors (Lipinski definition) is 6. The van der Waals surface area contributed by atoms with E-state index in [4.69, 9.17) is 30.6 Å². The van der Waals surface area contributed by atoms with Gasteiger partial charge in [-0.05, 0) is 0 Å². The fourth-order valence-corrected chi connectivity index (χ4v) is 2.05. The third kappa shape index (κ3) is 25.7. The number of carboxylic acid groups (broad SMARTS) is 4. The number of carboxylic acids is 4. The average Bonchev–Trinajstić information content (AvgIpc) is 2.48. The highest BCUT2D eigenvalue weighted by Gasteiger charge is 2.19. The lowest BCUT2D eigenvalue weighted by atomic mass is 10.2. The minimum Gasteiger partial charge on any atom is -0.547 e. The zero-order valence-corrected chi connectivity index (χ0v) is 19.2. The van der Waals surface area contributed by atoms with Gasteiger partial charge in [-0.3, -0.25) is 9.59 Å². The van der Waals surface area contributed by atoms with Crippen molar-refractivity contribution >= 4 is 23.9 Å². The molecular formula is C18H36N2O12. The molecule has 0 aromatic heterocycles. The first-order valence-corrected chi connectivity index (χ1v) is 9.27. The van der Waals surface area contributed by atoms with Crippen molar-refractivity contribution in [3.8, 4) is 0 Å². The van der Waals surface area contributed by atoms with Crippen LogP contribution < -0.4 is 10.2 Å². The SMILES string of the molecule is C[N+](C)(C)CC(O)CC(=O)O.C[N+](C)(C)CC(O)CC(=O)O.O=C([O-])C(O)[C@@H](O)C(=O)[O-]. The van der Waals surface area contributed by atoms with Crippen LogP contribution in [0.2, 0.25) is 0 Å². The molecule has 32 heavy (non-hydrogen) atoms. The fraction of sp³-hybridized carbons (Fsp3) is 0.778. The second-order valence-corrected chi connectivity index (χ2v) is 8.98. The molecule has 14 nitrogen and oxygen atoms in total. The maximum absolute atomic E-state index is 10.1. The molecular weight excluding hydrogens is 436 g/mol. The molecule has 6 N–H and O–H groups in total. The average molecular weight is 472 g/mol. The molecule has 4 atom stereocenters. The van der Waals surface area contributed by atoms with E-state index < -0.39 is 48.3 Å². The van der Waals surface area contributed by atoms with Crippen LogP contribution in [0.3, 0.4) is 0 Å². The second-order valence-electron chi connectivity index (χ2n) is 8.98. The molecule has 0 aliphatic rings. The maximum atomic E-state index is 10.1. The largest absolute Gasteiger partial charge is 0.547 e. The van der Waals surface area contributed by atoms with Crippen LogP contribution in [0.25, 0.3) is 0 Å². The Balaban J connectivity index is -0.000000395. The molecule has 0 bridgehead atoms. The van der Waals surface area contributed by atoms with Gasteiger partial charge in [-0.15, -0.1) is 0 Å². The first-order chi connectivity index (χ1) is 14.1. The Morgan fingerprint density at radius 1 is 0.625 bits per heavy atom. The molecule has 0 fully saturated rings. The summed E-state index contributed by atoms with van der Waals surface area (Å²) in [6.45, 7) is 0.929. The van der Waals surface area contributed by atoms with Gasteiger partial charge in [-0.1, -0.05) is 0 Å². The molecule has 3 unspecified atom stereocenters. The van der Waals surface area contributed by atoms with Crippen LogP contribution in [-0.2, 0) is 19.2 Å². The van der Waals surface area contributed by atoms with E-state index in [0.29, 0.717) is 22.1 Å². The van der Waals surface area contributed by atoms with Crippen LogP contribution in [0.1, 0.15) is 12.8 Å². The van der Waals surface area contributed by atoms with Crippen LogP contribution in [0.4, 0.5) is 0 Å². The summed E-state index contributed by atoms with van der Waals surface area (Å²) >= 11 is 0. The van der Waals surface area contributed by atoms with E-state index >= 15 is 0 Å². The Morgan fingerprint density at radius 3 is 0.969 bits per heavy atom. The molecule has 14 heteroatoms. The van der Waals surface area contributed by atoms with E-state index in [0.717, 1.165) is 0 Å². The molecule has 0 amide bonds. The van der Waals surface area contributed by atoms with Gasteiger partial charge in [-0.2, -0.15) is 0 Å². The van der Waals surface area contributed by atoms with Crippen molar-refractivity contribution in [1.29, 1.82) is 0 Å². The monoisotopic (exact) mass is 472 g/mol. The summed E-state index contributed by atoms with van der Waals surface area (Å²) in [5, 5.41) is 70.7. The molecule has 0 heterocycles. The number of carbonyl (C=O) groups excluding carboxylic acids is 2. The van der Waals surface area contributed by atoms with Gasteiger partial charge < -0.3 is 59.4 Å². The molecule has 0 radical (unpaired) electrons. The van der Waals surface area contributed by atoms with Crippen molar-refractivity contribution in [2.45, 2.75) is 37.3 Å². The number of aliphatic carboxylic acids is 4. The van der Waals surface area contributed by atoms with E-state index in [-0.39, 0.29) is 12.8 Å². The highest BCUT2D eigenvalue weighted by molar-refractivity contribution is 5.80. The molecule has 0 rings (SSSR count). The van der Waals surface area contributed by atoms with Gasteiger partial charge in [0, 0.05) is 0 Å². The predicted molar refractivity (Wildman–Crippen MR) is 104 cm³/mol. The van der Waals surface area contributed by atoms with Crippen LogP contribution in [0.5, 0.6) is 0 Å². The second kappa shape index (κ2) is 15.4. The summed E-state index contributed by atoms with van der Waals surface area (Å²) in [5.41, 5.74) is 0. The third-order valence-electron chi connectivity index (χ3n) is 3.12. The number of aliphatic hydroxyl groups is 4. The topological polar surface area (TPSA) is 236 Å². The normalized spacial score (nSPS) is 14.9. The van der Waals surface area contributed by atoms with Gasteiger partial charge in [0.05, 0.1) is 67.1 Å². The van der Waals surface area contributed by atoms with E-state index in [1.165, 1.54) is 0 Å². The van der Waals surface area contributed by atoms with Crippen LogP contribution in [0.15, 0.2) is 0 Å². The Bertz CT molecular complexity index is 546. The summed E-state index contributed by atoms with van der Waals surface area (Å²) in [6, 6.07) is 0. The number of likely N-dealkylation sites (N-methyl/N-ethyl adjacent to an activating group) is 2. The molecule has 0 aliphatic carbocycles. The van der Waals surface area contributed by atoms with E-state index in [1.54, 1.807) is 0 Å². The van der Waals surface area contributed by atoms with Gasteiger partial charge in [0.1, 0.15) is 37.5 Å². The highest BCUT2D eigenvalue weighted by Crippen LogP contribution is 1.99. The fourth-order valence-electron chi connectivity index (χ4n) is 2.05. The standard InChI is InChI=1S/2C7H15NO3.C4H6O6/c2*1-8(2,3)5-6(9)4-7(10)11;5-1(3(7)8)2(6)4(9)10/h2*6,9H,4-5H2,1-3H3;1-2,5-6H,(H,7,8)(H,9,10)/t;;1-,2?/m..1/s1. The van der Waals surface area contributed by atoms with Gasteiger partial charge in [0.2, 0.25) is 0 Å². The van der Waals surface area contributed by atoms with Crippen LogP contribution >= 0.6 is 0 Å². The lowest BCUT2D eigenvalue weighted by Gasteiger charge is -2.25.